The van der Waals surface area contributed by atoms with Gasteiger partial charge in [0, 0.05) is 56.6 Å². The Morgan fingerprint density at radius 3 is 2.45 bits per heavy atom. The maximum atomic E-state index is 13.1. The Kier molecular flexibility index (Phi) is 7.47. The van der Waals surface area contributed by atoms with Crippen molar-refractivity contribution in [2.75, 3.05) is 51.7 Å². The molecule has 1 unspecified atom stereocenters. The first-order valence-electron chi connectivity index (χ1n) is 12.8. The summed E-state index contributed by atoms with van der Waals surface area (Å²) < 4.78 is 0. The van der Waals surface area contributed by atoms with Gasteiger partial charge >= 0.3 is 0 Å². The van der Waals surface area contributed by atoms with Crippen molar-refractivity contribution in [3.8, 4) is 0 Å². The first kappa shape index (κ1) is 25.5. The number of hydrogen-bond donors (Lipinski definition) is 1. The van der Waals surface area contributed by atoms with Crippen molar-refractivity contribution < 1.29 is 14.4 Å². The van der Waals surface area contributed by atoms with Crippen LogP contribution >= 0.6 is 0 Å². The van der Waals surface area contributed by atoms with Gasteiger partial charge in [-0.3, -0.25) is 19.5 Å². The maximum Gasteiger partial charge on any atom is 0.240 e. The number of nitrogens with zero attached hydrogens (tertiary/aromatic N) is 4. The number of amides is 2. The van der Waals surface area contributed by atoms with E-state index in [0.717, 1.165) is 48.7 Å². The number of hydrogen-bond acceptors (Lipinski definition) is 6. The number of carbonyl (C=O) groups excluding carboxylic acids is 3. The zero-order valence-electron chi connectivity index (χ0n) is 21.7. The van der Waals surface area contributed by atoms with Gasteiger partial charge in [-0.1, -0.05) is 36.4 Å². The molecule has 1 saturated heterocycles. The summed E-state index contributed by atoms with van der Waals surface area (Å²) >= 11 is 0. The lowest BCUT2D eigenvalue weighted by Gasteiger charge is -2.32. The molecule has 2 aromatic carbocycles. The largest absolute Gasteiger partial charge is 0.328 e. The van der Waals surface area contributed by atoms with E-state index >= 15 is 0 Å². The Balaban J connectivity index is 1.39. The van der Waals surface area contributed by atoms with E-state index < -0.39 is 5.92 Å². The van der Waals surface area contributed by atoms with Crippen molar-refractivity contribution in [1.29, 1.82) is 0 Å². The van der Waals surface area contributed by atoms with E-state index in [1.165, 1.54) is 0 Å². The number of benzene rings is 2. The highest BCUT2D eigenvalue weighted by atomic mass is 16.2. The van der Waals surface area contributed by atoms with Gasteiger partial charge in [-0.25, -0.2) is 4.79 Å². The van der Waals surface area contributed by atoms with E-state index in [1.807, 2.05) is 66.6 Å². The Morgan fingerprint density at radius 1 is 1.05 bits per heavy atom. The molecule has 8 nitrogen and oxygen atoms in total. The van der Waals surface area contributed by atoms with E-state index in [9.17, 15) is 14.4 Å². The first-order valence-corrected chi connectivity index (χ1v) is 12.8. The van der Waals surface area contributed by atoms with Gasteiger partial charge in [-0.05, 0) is 48.5 Å². The number of aliphatic imine (C=N–C) groups is 1. The lowest BCUT2D eigenvalue weighted by molar-refractivity contribution is -0.121. The van der Waals surface area contributed by atoms with Gasteiger partial charge in [0.15, 0.2) is 0 Å². The summed E-state index contributed by atoms with van der Waals surface area (Å²) in [7, 11) is 3.89. The Bertz CT molecular complexity index is 1360. The quantitative estimate of drug-likeness (QED) is 0.478. The van der Waals surface area contributed by atoms with Crippen molar-refractivity contribution in [2.45, 2.75) is 6.42 Å². The summed E-state index contributed by atoms with van der Waals surface area (Å²) in [6.45, 7) is 4.11. The Hall–Kier alpha value is -4.10. The van der Waals surface area contributed by atoms with Crippen LogP contribution in [-0.2, 0) is 14.4 Å². The minimum Gasteiger partial charge on any atom is -0.328 e. The molecule has 194 valence electrons. The summed E-state index contributed by atoms with van der Waals surface area (Å²) in [6.07, 6.45) is 3.87. The SMILES string of the molecule is CN1CCN(CC(=O)N(C)c2ccc(N=C(c3ccccc3)C3C(=O)NC4=C3C=CC(=C=O)C4)cc2)CC1. The van der Waals surface area contributed by atoms with Crippen LogP contribution in [0, 0.1) is 5.92 Å². The molecular weight excluding hydrogens is 478 g/mol. The molecule has 2 aliphatic heterocycles. The molecule has 0 bridgehead atoms. The van der Waals surface area contributed by atoms with Crippen LogP contribution in [0.4, 0.5) is 11.4 Å². The zero-order chi connectivity index (χ0) is 26.6. The third kappa shape index (κ3) is 5.43. The smallest absolute Gasteiger partial charge is 0.240 e. The minimum atomic E-state index is -0.593. The van der Waals surface area contributed by atoms with Crippen LogP contribution in [0.1, 0.15) is 12.0 Å². The molecule has 2 amide bonds. The van der Waals surface area contributed by atoms with Gasteiger partial charge in [0.05, 0.1) is 17.9 Å². The van der Waals surface area contributed by atoms with Crippen LogP contribution in [-0.4, -0.2) is 80.1 Å². The molecule has 0 spiro atoms. The fraction of sp³-hybridized carbons (Fsp3) is 0.300. The van der Waals surface area contributed by atoms with E-state index in [0.29, 0.717) is 29.9 Å². The predicted molar refractivity (Wildman–Crippen MR) is 148 cm³/mol. The molecule has 1 fully saturated rings. The number of allylic oxidation sites excluding steroid dienone is 3. The molecule has 2 aromatic rings. The van der Waals surface area contributed by atoms with E-state index in [1.54, 1.807) is 18.0 Å². The van der Waals surface area contributed by atoms with Gasteiger partial charge in [0.2, 0.25) is 11.8 Å². The van der Waals surface area contributed by atoms with Crippen LogP contribution in [0.15, 0.2) is 88.6 Å². The van der Waals surface area contributed by atoms with Crippen molar-refractivity contribution in [1.82, 2.24) is 15.1 Å². The molecule has 0 radical (unpaired) electrons. The first-order chi connectivity index (χ1) is 18.4. The molecule has 0 aromatic heterocycles. The predicted octanol–water partition coefficient (Wildman–Crippen LogP) is 2.74. The Morgan fingerprint density at radius 2 is 1.76 bits per heavy atom. The highest BCUT2D eigenvalue weighted by molar-refractivity contribution is 6.18. The van der Waals surface area contributed by atoms with Gasteiger partial charge in [-0.15, -0.1) is 0 Å². The monoisotopic (exact) mass is 509 g/mol. The van der Waals surface area contributed by atoms with Crippen LogP contribution < -0.4 is 10.2 Å². The summed E-state index contributed by atoms with van der Waals surface area (Å²) in [4.78, 5) is 48.2. The lowest BCUT2D eigenvalue weighted by atomic mass is 9.87. The molecule has 1 aliphatic carbocycles. The summed E-state index contributed by atoms with van der Waals surface area (Å²) in [5.41, 5.74) is 4.99. The van der Waals surface area contributed by atoms with Gasteiger partial charge in [-0.2, -0.15) is 0 Å². The molecule has 5 rings (SSSR count). The number of carbonyl (C=O) groups is 2. The van der Waals surface area contributed by atoms with Crippen molar-refractivity contribution in [3.63, 3.8) is 0 Å². The van der Waals surface area contributed by atoms with E-state index in [4.69, 9.17) is 4.99 Å². The fourth-order valence-electron chi connectivity index (χ4n) is 4.97. The maximum absolute atomic E-state index is 13.1. The molecular formula is C30H31N5O3. The van der Waals surface area contributed by atoms with Gasteiger partial charge in [0.25, 0.3) is 0 Å². The van der Waals surface area contributed by atoms with Gasteiger partial charge < -0.3 is 15.1 Å². The van der Waals surface area contributed by atoms with Crippen molar-refractivity contribution in [2.24, 2.45) is 10.9 Å². The number of piperazine rings is 1. The second kappa shape index (κ2) is 11.1. The van der Waals surface area contributed by atoms with Crippen molar-refractivity contribution >= 4 is 34.8 Å². The lowest BCUT2D eigenvalue weighted by Crippen LogP contribution is -2.48. The van der Waals surface area contributed by atoms with E-state index in [-0.39, 0.29) is 11.8 Å². The highest BCUT2D eigenvalue weighted by Gasteiger charge is 2.37. The van der Waals surface area contributed by atoms with Gasteiger partial charge in [0.1, 0.15) is 11.9 Å². The second-order valence-electron chi connectivity index (χ2n) is 9.91. The molecule has 1 atom stereocenters. The third-order valence-electron chi connectivity index (χ3n) is 7.32. The minimum absolute atomic E-state index is 0.0469. The number of rotatable bonds is 6. The number of anilines is 1. The summed E-state index contributed by atoms with van der Waals surface area (Å²) in [6, 6.07) is 17.1. The average molecular weight is 510 g/mol. The van der Waals surface area contributed by atoms with Crippen molar-refractivity contribution in [3.05, 3.63) is 89.2 Å². The molecule has 2 heterocycles. The van der Waals surface area contributed by atoms with E-state index in [2.05, 4.69) is 22.2 Å². The normalized spacial score (nSPS) is 20.3. The third-order valence-corrected chi connectivity index (χ3v) is 7.32. The number of likely N-dealkylation sites (N-methyl/N-ethyl adjacent to an activating group) is 2. The molecule has 8 heteroatoms. The van der Waals surface area contributed by atoms with Crippen LogP contribution in [0.25, 0.3) is 0 Å². The van der Waals surface area contributed by atoms with Crippen LogP contribution in [0.2, 0.25) is 0 Å². The average Bonchev–Trinajstić information content (AvgIpc) is 3.27. The molecule has 38 heavy (non-hydrogen) atoms. The molecule has 3 aliphatic rings. The molecule has 0 saturated carbocycles. The Labute approximate surface area is 222 Å². The topological polar surface area (TPSA) is 85.3 Å². The fourth-order valence-corrected chi connectivity index (χ4v) is 4.97. The number of nitrogens with one attached hydrogen (secondary N) is 1. The van der Waals surface area contributed by atoms with Crippen LogP contribution in [0.5, 0.6) is 0 Å². The summed E-state index contributed by atoms with van der Waals surface area (Å²) in [5.74, 6) is 1.21. The van der Waals surface area contributed by atoms with Crippen LogP contribution in [0.3, 0.4) is 0 Å². The highest BCUT2D eigenvalue weighted by Crippen LogP contribution is 2.34. The summed E-state index contributed by atoms with van der Waals surface area (Å²) in [5, 5.41) is 2.94. The molecule has 1 N–H and O–H groups in total. The standard InChI is InChI=1S/C30H31N5O3/c1-33-14-16-35(17-15-33)19-27(37)34(2)24-11-9-23(10-12-24)31-29(22-6-4-3-5-7-22)28-25-13-8-21(20-36)18-26(25)32-30(28)38/h3-13,28H,14-19H2,1-2H3,(H,32,38). The zero-order valence-corrected chi connectivity index (χ0v) is 21.7. The second-order valence-corrected chi connectivity index (χ2v) is 9.91.